The second kappa shape index (κ2) is 6.98. The summed E-state index contributed by atoms with van der Waals surface area (Å²) in [4.78, 5) is 14.1. The molecule has 18 heavy (non-hydrogen) atoms. The predicted octanol–water partition coefficient (Wildman–Crippen LogP) is 2.53. The number of carbonyl (C=O) groups is 1. The van der Waals surface area contributed by atoms with Gasteiger partial charge in [0.25, 0.3) is 0 Å². The van der Waals surface area contributed by atoms with E-state index in [1.165, 1.54) is 25.7 Å². The number of nitrogens with one attached hydrogen (secondary N) is 1. The van der Waals surface area contributed by atoms with E-state index >= 15 is 0 Å². The van der Waals surface area contributed by atoms with E-state index in [2.05, 4.69) is 5.32 Å². The van der Waals surface area contributed by atoms with Gasteiger partial charge >= 0.3 is 6.03 Å². The Morgan fingerprint density at radius 3 is 2.28 bits per heavy atom. The van der Waals surface area contributed by atoms with Crippen LogP contribution in [0.25, 0.3) is 0 Å². The van der Waals surface area contributed by atoms with Crippen molar-refractivity contribution in [1.29, 1.82) is 0 Å². The lowest BCUT2D eigenvalue weighted by Gasteiger charge is -2.32. The number of rotatable bonds is 2. The molecule has 2 rings (SSSR count). The van der Waals surface area contributed by atoms with Gasteiger partial charge in [0, 0.05) is 32.3 Å². The molecule has 0 aromatic heterocycles. The van der Waals surface area contributed by atoms with Gasteiger partial charge in [0.15, 0.2) is 0 Å². The zero-order chi connectivity index (χ0) is 12.8. The van der Waals surface area contributed by atoms with Gasteiger partial charge < -0.3 is 15.0 Å². The maximum absolute atomic E-state index is 12.2. The Kier molecular flexibility index (Phi) is 5.29. The quantitative estimate of drug-likeness (QED) is 0.769. The van der Waals surface area contributed by atoms with Gasteiger partial charge in [0.05, 0.1) is 0 Å². The van der Waals surface area contributed by atoms with Crippen molar-refractivity contribution < 1.29 is 9.53 Å². The monoisotopic (exact) mass is 254 g/mol. The Morgan fingerprint density at radius 1 is 1.06 bits per heavy atom. The Balaban J connectivity index is 1.78. The molecule has 0 bridgehead atoms. The molecule has 1 heterocycles. The first-order valence-corrected chi connectivity index (χ1v) is 7.38. The van der Waals surface area contributed by atoms with Gasteiger partial charge in [-0.1, -0.05) is 25.7 Å². The smallest absolute Gasteiger partial charge is 0.317 e. The summed E-state index contributed by atoms with van der Waals surface area (Å²) < 4.78 is 5.34. The van der Waals surface area contributed by atoms with Crippen molar-refractivity contribution in [3.8, 4) is 0 Å². The van der Waals surface area contributed by atoms with Crippen molar-refractivity contribution in [1.82, 2.24) is 10.2 Å². The highest BCUT2D eigenvalue weighted by molar-refractivity contribution is 5.74. The lowest BCUT2D eigenvalue weighted by atomic mass is 10.1. The molecule has 2 fully saturated rings. The van der Waals surface area contributed by atoms with E-state index < -0.39 is 0 Å². The summed E-state index contributed by atoms with van der Waals surface area (Å²) in [7, 11) is 1.92. The summed E-state index contributed by atoms with van der Waals surface area (Å²) in [6, 6.07) is 0.848. The van der Waals surface area contributed by atoms with Gasteiger partial charge in [0.2, 0.25) is 0 Å². The number of urea groups is 1. The summed E-state index contributed by atoms with van der Waals surface area (Å²) in [5, 5.41) is 3.20. The Labute approximate surface area is 110 Å². The molecular formula is C14H26N2O2. The maximum atomic E-state index is 12.2. The number of hydrogen-bond acceptors (Lipinski definition) is 2. The normalized spacial score (nSPS) is 23.4. The third-order valence-corrected chi connectivity index (χ3v) is 4.24. The third-order valence-electron chi connectivity index (χ3n) is 4.24. The van der Waals surface area contributed by atoms with E-state index in [-0.39, 0.29) is 6.03 Å². The molecule has 0 atom stereocenters. The van der Waals surface area contributed by atoms with E-state index in [4.69, 9.17) is 4.74 Å². The first-order chi connectivity index (χ1) is 8.77. The number of amides is 2. The number of nitrogens with zero attached hydrogens (tertiary/aromatic N) is 1. The van der Waals surface area contributed by atoms with Crippen LogP contribution in [-0.2, 0) is 4.74 Å². The molecule has 1 saturated heterocycles. The van der Waals surface area contributed by atoms with Crippen LogP contribution in [0.15, 0.2) is 0 Å². The first-order valence-electron chi connectivity index (χ1n) is 7.38. The highest BCUT2D eigenvalue weighted by atomic mass is 16.5. The molecule has 4 heteroatoms. The Hall–Kier alpha value is -0.770. The lowest BCUT2D eigenvalue weighted by Crippen LogP contribution is -2.48. The van der Waals surface area contributed by atoms with Crippen LogP contribution in [0.3, 0.4) is 0 Å². The molecule has 1 aliphatic heterocycles. The van der Waals surface area contributed by atoms with Gasteiger partial charge in [-0.25, -0.2) is 4.79 Å². The molecule has 0 radical (unpaired) electrons. The molecular weight excluding hydrogens is 228 g/mol. The van der Waals surface area contributed by atoms with E-state index in [0.29, 0.717) is 12.1 Å². The molecule has 0 unspecified atom stereocenters. The molecule has 104 valence electrons. The lowest BCUT2D eigenvalue weighted by molar-refractivity contribution is 0.0521. The number of hydrogen-bond donors (Lipinski definition) is 1. The minimum absolute atomic E-state index is 0.105. The average Bonchev–Trinajstić information content (AvgIpc) is 2.67. The predicted molar refractivity (Wildman–Crippen MR) is 71.6 cm³/mol. The van der Waals surface area contributed by atoms with Crippen molar-refractivity contribution in [2.75, 3.05) is 20.3 Å². The van der Waals surface area contributed by atoms with Crippen LogP contribution >= 0.6 is 0 Å². The molecule has 4 nitrogen and oxygen atoms in total. The molecule has 1 saturated carbocycles. The topological polar surface area (TPSA) is 41.6 Å². The molecule has 0 spiro atoms. The van der Waals surface area contributed by atoms with Crippen LogP contribution in [0.2, 0.25) is 0 Å². The molecule has 2 aliphatic rings. The highest BCUT2D eigenvalue weighted by Gasteiger charge is 2.24. The summed E-state index contributed by atoms with van der Waals surface area (Å²) >= 11 is 0. The fourth-order valence-electron chi connectivity index (χ4n) is 2.94. The van der Waals surface area contributed by atoms with Crippen LogP contribution in [0, 0.1) is 0 Å². The van der Waals surface area contributed by atoms with Crippen LogP contribution in [-0.4, -0.2) is 43.3 Å². The summed E-state index contributed by atoms with van der Waals surface area (Å²) in [6.45, 7) is 1.57. The van der Waals surface area contributed by atoms with Crippen molar-refractivity contribution >= 4 is 6.03 Å². The van der Waals surface area contributed by atoms with E-state index in [1.54, 1.807) is 0 Å². The van der Waals surface area contributed by atoms with Crippen LogP contribution in [0.5, 0.6) is 0 Å². The van der Waals surface area contributed by atoms with Crippen LogP contribution in [0.1, 0.15) is 51.4 Å². The minimum atomic E-state index is 0.105. The summed E-state index contributed by atoms with van der Waals surface area (Å²) in [6.07, 6.45) is 9.38. The van der Waals surface area contributed by atoms with E-state index in [0.717, 1.165) is 38.9 Å². The van der Waals surface area contributed by atoms with E-state index in [1.807, 2.05) is 11.9 Å². The summed E-state index contributed by atoms with van der Waals surface area (Å²) in [5.41, 5.74) is 0. The third kappa shape index (κ3) is 3.87. The van der Waals surface area contributed by atoms with Crippen molar-refractivity contribution in [3.05, 3.63) is 0 Å². The molecule has 2 amide bonds. The van der Waals surface area contributed by atoms with E-state index in [9.17, 15) is 4.79 Å². The Morgan fingerprint density at radius 2 is 1.67 bits per heavy atom. The molecule has 1 aliphatic carbocycles. The first kappa shape index (κ1) is 13.7. The SMILES string of the molecule is CN(C(=O)NC1CCCCCC1)C1CCOCC1. The molecule has 0 aromatic carbocycles. The van der Waals surface area contributed by atoms with Gasteiger partial charge in [-0.05, 0) is 25.7 Å². The zero-order valence-corrected chi connectivity index (χ0v) is 11.5. The standard InChI is InChI=1S/C14H26N2O2/c1-16(13-8-10-18-11-9-13)14(17)15-12-6-4-2-3-5-7-12/h12-13H,2-11H2,1H3,(H,15,17). The maximum Gasteiger partial charge on any atom is 0.317 e. The Bertz CT molecular complexity index is 257. The molecule has 0 aromatic rings. The number of ether oxygens (including phenoxy) is 1. The fraction of sp³-hybridized carbons (Fsp3) is 0.929. The fourth-order valence-corrected chi connectivity index (χ4v) is 2.94. The van der Waals surface area contributed by atoms with Gasteiger partial charge in [0.1, 0.15) is 0 Å². The average molecular weight is 254 g/mol. The largest absolute Gasteiger partial charge is 0.381 e. The van der Waals surface area contributed by atoms with Crippen LogP contribution < -0.4 is 5.32 Å². The highest BCUT2D eigenvalue weighted by Crippen LogP contribution is 2.18. The second-order valence-electron chi connectivity index (χ2n) is 5.59. The zero-order valence-electron chi connectivity index (χ0n) is 11.5. The van der Waals surface area contributed by atoms with Gasteiger partial charge in [-0.3, -0.25) is 0 Å². The van der Waals surface area contributed by atoms with Gasteiger partial charge in [-0.15, -0.1) is 0 Å². The summed E-state index contributed by atoms with van der Waals surface area (Å²) in [5.74, 6) is 0. The van der Waals surface area contributed by atoms with Crippen molar-refractivity contribution in [3.63, 3.8) is 0 Å². The number of carbonyl (C=O) groups excluding carboxylic acids is 1. The van der Waals surface area contributed by atoms with Crippen molar-refractivity contribution in [2.24, 2.45) is 0 Å². The van der Waals surface area contributed by atoms with Crippen LogP contribution in [0.4, 0.5) is 4.79 Å². The van der Waals surface area contributed by atoms with Gasteiger partial charge in [-0.2, -0.15) is 0 Å². The minimum Gasteiger partial charge on any atom is -0.381 e. The molecule has 1 N–H and O–H groups in total. The second-order valence-corrected chi connectivity index (χ2v) is 5.59. The van der Waals surface area contributed by atoms with Crippen molar-refractivity contribution in [2.45, 2.75) is 63.5 Å².